The summed E-state index contributed by atoms with van der Waals surface area (Å²) in [6.07, 6.45) is 5.77. The quantitative estimate of drug-likeness (QED) is 0.661. The molecule has 9 heteroatoms. The van der Waals surface area contributed by atoms with Gasteiger partial charge in [0.05, 0.1) is 25.3 Å². The number of aliphatic hydroxyl groups is 1. The van der Waals surface area contributed by atoms with Gasteiger partial charge in [-0.2, -0.15) is 0 Å². The van der Waals surface area contributed by atoms with Crippen LogP contribution < -0.4 is 10.1 Å². The normalized spacial score (nSPS) is 21.7. The second kappa shape index (κ2) is 9.94. The summed E-state index contributed by atoms with van der Waals surface area (Å²) in [5, 5.41) is 15.0. The SMILES string of the molecule is COCC(=O)N1CCC2(CC1)CN(C(=O)NC1CCCC1)[C@H](CO)c1c2c2ccc(OC)cc2n1C. The van der Waals surface area contributed by atoms with E-state index in [-0.39, 0.29) is 36.6 Å². The van der Waals surface area contributed by atoms with Crippen molar-refractivity contribution < 1.29 is 24.2 Å². The highest BCUT2D eigenvalue weighted by molar-refractivity contribution is 5.89. The van der Waals surface area contributed by atoms with Crippen molar-refractivity contribution in [2.75, 3.05) is 47.1 Å². The number of hydrogen-bond donors (Lipinski definition) is 2. The summed E-state index contributed by atoms with van der Waals surface area (Å²) in [4.78, 5) is 29.9. The Morgan fingerprint density at radius 3 is 2.53 bits per heavy atom. The zero-order valence-corrected chi connectivity index (χ0v) is 21.6. The Kier molecular flexibility index (Phi) is 6.87. The number of amides is 3. The Morgan fingerprint density at radius 1 is 1.17 bits per heavy atom. The Hall–Kier alpha value is -2.78. The van der Waals surface area contributed by atoms with Crippen LogP contribution in [0.25, 0.3) is 10.9 Å². The molecular formula is C27H38N4O5. The third kappa shape index (κ3) is 4.12. The molecule has 1 saturated carbocycles. The number of aryl methyl sites for hydroxylation is 1. The van der Waals surface area contributed by atoms with E-state index in [0.717, 1.165) is 60.9 Å². The minimum atomic E-state index is -0.441. The maximum Gasteiger partial charge on any atom is 0.318 e. The first-order valence-corrected chi connectivity index (χ1v) is 13.0. The van der Waals surface area contributed by atoms with Gasteiger partial charge >= 0.3 is 6.03 Å². The number of carbonyl (C=O) groups is 2. The third-order valence-electron chi connectivity index (χ3n) is 8.61. The number of likely N-dealkylation sites (tertiary alicyclic amines) is 1. The van der Waals surface area contributed by atoms with E-state index in [1.807, 2.05) is 29.0 Å². The lowest BCUT2D eigenvalue weighted by Crippen LogP contribution is -2.58. The number of benzene rings is 1. The van der Waals surface area contributed by atoms with Gasteiger partial charge < -0.3 is 34.3 Å². The number of ether oxygens (including phenoxy) is 2. The van der Waals surface area contributed by atoms with Crippen molar-refractivity contribution in [2.45, 2.75) is 56.0 Å². The summed E-state index contributed by atoms with van der Waals surface area (Å²) in [6.45, 7) is 1.66. The molecule has 1 spiro atoms. The molecule has 36 heavy (non-hydrogen) atoms. The molecule has 9 nitrogen and oxygen atoms in total. The zero-order chi connectivity index (χ0) is 25.4. The van der Waals surface area contributed by atoms with Crippen LogP contribution in [0.15, 0.2) is 18.2 Å². The van der Waals surface area contributed by atoms with Gasteiger partial charge in [-0.1, -0.05) is 12.8 Å². The van der Waals surface area contributed by atoms with Gasteiger partial charge in [0.15, 0.2) is 0 Å². The molecule has 3 heterocycles. The van der Waals surface area contributed by atoms with Crippen LogP contribution >= 0.6 is 0 Å². The lowest BCUT2D eigenvalue weighted by molar-refractivity contribution is -0.137. The third-order valence-corrected chi connectivity index (χ3v) is 8.61. The highest BCUT2D eigenvalue weighted by Crippen LogP contribution is 2.50. The van der Waals surface area contributed by atoms with Crippen molar-refractivity contribution >= 4 is 22.8 Å². The van der Waals surface area contributed by atoms with Crippen LogP contribution in [0.5, 0.6) is 5.75 Å². The van der Waals surface area contributed by atoms with E-state index >= 15 is 0 Å². The van der Waals surface area contributed by atoms with Crippen LogP contribution in [-0.4, -0.2) is 84.5 Å². The zero-order valence-electron chi connectivity index (χ0n) is 21.6. The average molecular weight is 499 g/mol. The van der Waals surface area contributed by atoms with Crippen molar-refractivity contribution in [1.82, 2.24) is 19.7 Å². The summed E-state index contributed by atoms with van der Waals surface area (Å²) >= 11 is 0. The van der Waals surface area contributed by atoms with Crippen LogP contribution in [0.2, 0.25) is 0 Å². The monoisotopic (exact) mass is 498 g/mol. The van der Waals surface area contributed by atoms with Gasteiger partial charge in [0, 0.05) is 62.4 Å². The maximum atomic E-state index is 13.6. The molecule has 1 atom stereocenters. The van der Waals surface area contributed by atoms with Gasteiger partial charge in [-0.05, 0) is 43.4 Å². The molecule has 3 aliphatic rings. The van der Waals surface area contributed by atoms with E-state index in [1.54, 1.807) is 7.11 Å². The van der Waals surface area contributed by atoms with Gasteiger partial charge in [0.1, 0.15) is 12.4 Å². The number of methoxy groups -OCH3 is 2. The number of nitrogens with zero attached hydrogens (tertiary/aromatic N) is 3. The number of urea groups is 1. The molecule has 2 fully saturated rings. The summed E-state index contributed by atoms with van der Waals surface area (Å²) in [5.41, 5.74) is 2.88. The van der Waals surface area contributed by atoms with Crippen LogP contribution in [-0.2, 0) is 22.0 Å². The lowest BCUT2D eigenvalue weighted by atomic mass is 9.68. The molecule has 1 aromatic carbocycles. The number of rotatable bonds is 5. The number of aromatic nitrogens is 1. The van der Waals surface area contributed by atoms with Crippen LogP contribution in [0.4, 0.5) is 4.79 Å². The van der Waals surface area contributed by atoms with E-state index in [4.69, 9.17) is 9.47 Å². The molecule has 2 aliphatic heterocycles. The number of fused-ring (bicyclic) bond motifs is 4. The predicted octanol–water partition coefficient (Wildman–Crippen LogP) is 2.69. The van der Waals surface area contributed by atoms with E-state index < -0.39 is 6.04 Å². The first-order chi connectivity index (χ1) is 17.4. The highest BCUT2D eigenvalue weighted by atomic mass is 16.5. The fourth-order valence-corrected chi connectivity index (χ4v) is 6.71. The molecule has 5 rings (SSSR count). The number of hydrogen-bond acceptors (Lipinski definition) is 5. The fraction of sp³-hybridized carbons (Fsp3) is 0.630. The maximum absolute atomic E-state index is 13.6. The van der Waals surface area contributed by atoms with Crippen molar-refractivity contribution in [3.63, 3.8) is 0 Å². The first kappa shape index (κ1) is 24.9. The molecule has 0 bridgehead atoms. The van der Waals surface area contributed by atoms with E-state index in [0.29, 0.717) is 19.6 Å². The van der Waals surface area contributed by atoms with Crippen molar-refractivity contribution in [1.29, 1.82) is 0 Å². The number of nitrogens with one attached hydrogen (secondary N) is 1. The smallest absolute Gasteiger partial charge is 0.318 e. The largest absolute Gasteiger partial charge is 0.497 e. The van der Waals surface area contributed by atoms with Crippen LogP contribution in [0.3, 0.4) is 0 Å². The van der Waals surface area contributed by atoms with Gasteiger partial charge in [-0.25, -0.2) is 4.79 Å². The van der Waals surface area contributed by atoms with Crippen LogP contribution in [0, 0.1) is 0 Å². The molecular weight excluding hydrogens is 460 g/mol. The summed E-state index contributed by atoms with van der Waals surface area (Å²) in [5.74, 6) is 0.765. The standard InChI is InChI=1S/C27H38N4O5/c1-29-21-14-19(36-3)8-9-20(21)24-25(29)22(15-32)31(26(34)28-18-6-4-5-7-18)17-27(24)10-12-30(13-11-27)23(33)16-35-2/h8-9,14,18,22,32H,4-7,10-13,15-17H2,1-3H3,(H,28,34)/t22-/m1/s1. The molecule has 3 amide bonds. The summed E-state index contributed by atoms with van der Waals surface area (Å²) in [6, 6.07) is 5.74. The molecule has 1 aliphatic carbocycles. The lowest BCUT2D eigenvalue weighted by Gasteiger charge is -2.50. The molecule has 2 aromatic rings. The molecule has 196 valence electrons. The topological polar surface area (TPSA) is 96.3 Å². The number of aliphatic hydroxyl groups excluding tert-OH is 1. The Labute approximate surface area is 212 Å². The minimum absolute atomic E-state index is 0.00453. The first-order valence-electron chi connectivity index (χ1n) is 13.0. The Bertz CT molecular complexity index is 1130. The molecule has 1 saturated heterocycles. The minimum Gasteiger partial charge on any atom is -0.497 e. The molecule has 1 aromatic heterocycles. The Morgan fingerprint density at radius 2 is 1.89 bits per heavy atom. The van der Waals surface area contributed by atoms with Crippen LogP contribution in [0.1, 0.15) is 55.8 Å². The van der Waals surface area contributed by atoms with Crippen molar-refractivity contribution in [3.8, 4) is 5.75 Å². The van der Waals surface area contributed by atoms with Crippen molar-refractivity contribution in [3.05, 3.63) is 29.5 Å². The van der Waals surface area contributed by atoms with Gasteiger partial charge in [0.25, 0.3) is 0 Å². The van der Waals surface area contributed by atoms with Gasteiger partial charge in [0.2, 0.25) is 5.91 Å². The van der Waals surface area contributed by atoms with Gasteiger partial charge in [-0.15, -0.1) is 0 Å². The number of carbonyl (C=O) groups excluding carboxylic acids is 2. The van der Waals surface area contributed by atoms with E-state index in [9.17, 15) is 14.7 Å². The second-order valence-electron chi connectivity index (χ2n) is 10.6. The Balaban J connectivity index is 1.58. The van der Waals surface area contributed by atoms with Gasteiger partial charge in [-0.3, -0.25) is 4.79 Å². The fourth-order valence-electron chi connectivity index (χ4n) is 6.71. The highest BCUT2D eigenvalue weighted by Gasteiger charge is 2.50. The molecule has 0 radical (unpaired) electrons. The molecule has 2 N–H and O–H groups in total. The van der Waals surface area contributed by atoms with E-state index in [2.05, 4.69) is 16.0 Å². The molecule has 0 unspecified atom stereocenters. The second-order valence-corrected chi connectivity index (χ2v) is 10.6. The average Bonchev–Trinajstić information content (AvgIpc) is 3.51. The van der Waals surface area contributed by atoms with Crippen molar-refractivity contribution in [2.24, 2.45) is 7.05 Å². The van der Waals surface area contributed by atoms with E-state index in [1.165, 1.54) is 12.7 Å². The summed E-state index contributed by atoms with van der Waals surface area (Å²) < 4.78 is 12.7. The predicted molar refractivity (Wildman–Crippen MR) is 136 cm³/mol. The number of piperidine rings is 1. The summed E-state index contributed by atoms with van der Waals surface area (Å²) in [7, 11) is 5.20.